The van der Waals surface area contributed by atoms with E-state index in [0.717, 1.165) is 11.1 Å². The summed E-state index contributed by atoms with van der Waals surface area (Å²) in [6, 6.07) is 16.2. The normalized spacial score (nSPS) is 11.9. The van der Waals surface area contributed by atoms with Crippen molar-refractivity contribution in [1.29, 1.82) is 0 Å². The topological polar surface area (TPSA) is 71.1 Å². The second-order valence-electron chi connectivity index (χ2n) is 6.34. The van der Waals surface area contributed by atoms with Crippen LogP contribution >= 0.6 is 0 Å². The highest BCUT2D eigenvalue weighted by molar-refractivity contribution is 5.89. The number of rotatable bonds is 11. The summed E-state index contributed by atoms with van der Waals surface area (Å²) in [5, 5.41) is 0. The molecule has 0 saturated carbocycles. The number of benzene rings is 2. The van der Waals surface area contributed by atoms with Gasteiger partial charge >= 0.3 is 11.9 Å². The standard InChI is InChI=1S/C23H28O6/c1-4-27-21(28-5-2)15-20(23(25)26-3)18-11-13-19(14-12-18)22(24)29-16-17-9-7-6-8-10-17/h6-14,20-21H,4-5,15-16H2,1-3H3. The van der Waals surface area contributed by atoms with Gasteiger partial charge in [0.25, 0.3) is 0 Å². The second-order valence-corrected chi connectivity index (χ2v) is 6.34. The lowest BCUT2D eigenvalue weighted by atomic mass is 9.94. The van der Waals surface area contributed by atoms with Crippen molar-refractivity contribution in [1.82, 2.24) is 0 Å². The molecule has 29 heavy (non-hydrogen) atoms. The van der Waals surface area contributed by atoms with Crippen molar-refractivity contribution in [2.24, 2.45) is 0 Å². The Balaban J connectivity index is 2.07. The lowest BCUT2D eigenvalue weighted by Gasteiger charge is -2.22. The van der Waals surface area contributed by atoms with Gasteiger partial charge in [-0.15, -0.1) is 0 Å². The Morgan fingerprint density at radius 2 is 1.52 bits per heavy atom. The number of hydrogen-bond acceptors (Lipinski definition) is 6. The first-order valence-corrected chi connectivity index (χ1v) is 9.71. The van der Waals surface area contributed by atoms with Crippen molar-refractivity contribution in [3.8, 4) is 0 Å². The van der Waals surface area contributed by atoms with Gasteiger partial charge in [-0.3, -0.25) is 4.79 Å². The molecule has 0 aliphatic carbocycles. The number of esters is 2. The minimum Gasteiger partial charge on any atom is -0.469 e. The van der Waals surface area contributed by atoms with E-state index in [4.69, 9.17) is 18.9 Å². The highest BCUT2D eigenvalue weighted by Gasteiger charge is 2.26. The maximum Gasteiger partial charge on any atom is 0.338 e. The van der Waals surface area contributed by atoms with Crippen molar-refractivity contribution in [3.05, 3.63) is 71.3 Å². The predicted octanol–water partition coefficient (Wildman–Crippen LogP) is 4.09. The Kier molecular flexibility index (Phi) is 9.34. The summed E-state index contributed by atoms with van der Waals surface area (Å²) in [5.74, 6) is -1.36. The molecule has 0 heterocycles. The van der Waals surface area contributed by atoms with Gasteiger partial charge < -0.3 is 18.9 Å². The zero-order valence-corrected chi connectivity index (χ0v) is 17.1. The smallest absolute Gasteiger partial charge is 0.338 e. The highest BCUT2D eigenvalue weighted by Crippen LogP contribution is 2.25. The Labute approximate surface area is 171 Å². The predicted molar refractivity (Wildman–Crippen MR) is 108 cm³/mol. The molecular formula is C23H28O6. The van der Waals surface area contributed by atoms with Crippen LogP contribution in [0.25, 0.3) is 0 Å². The molecule has 0 amide bonds. The lowest BCUT2D eigenvalue weighted by molar-refractivity contribution is -0.157. The van der Waals surface area contributed by atoms with Crippen molar-refractivity contribution in [2.45, 2.75) is 39.1 Å². The van der Waals surface area contributed by atoms with E-state index in [1.54, 1.807) is 24.3 Å². The van der Waals surface area contributed by atoms with Crippen LogP contribution in [0.2, 0.25) is 0 Å². The Hall–Kier alpha value is -2.70. The van der Waals surface area contributed by atoms with Gasteiger partial charge in [0.1, 0.15) is 6.61 Å². The molecule has 2 rings (SSSR count). The van der Waals surface area contributed by atoms with Crippen molar-refractivity contribution in [3.63, 3.8) is 0 Å². The average molecular weight is 400 g/mol. The molecule has 0 spiro atoms. The summed E-state index contributed by atoms with van der Waals surface area (Å²) in [6.07, 6.45) is -0.184. The van der Waals surface area contributed by atoms with E-state index in [0.29, 0.717) is 25.2 Å². The van der Waals surface area contributed by atoms with Gasteiger partial charge in [-0.25, -0.2) is 4.79 Å². The SMILES string of the molecule is CCOC(CC(C(=O)OC)c1ccc(C(=O)OCc2ccccc2)cc1)OCC. The summed E-state index contributed by atoms with van der Waals surface area (Å²) in [5.41, 5.74) is 2.06. The number of carbonyl (C=O) groups excluding carboxylic acids is 2. The van der Waals surface area contributed by atoms with Crippen LogP contribution in [0, 0.1) is 0 Å². The Morgan fingerprint density at radius 3 is 2.07 bits per heavy atom. The molecule has 2 aromatic carbocycles. The fourth-order valence-corrected chi connectivity index (χ4v) is 2.92. The molecule has 0 radical (unpaired) electrons. The van der Waals surface area contributed by atoms with Crippen LogP contribution < -0.4 is 0 Å². The maximum atomic E-state index is 12.3. The molecule has 156 valence electrons. The summed E-state index contributed by atoms with van der Waals surface area (Å²) < 4.78 is 21.4. The number of ether oxygens (including phenoxy) is 4. The van der Waals surface area contributed by atoms with Gasteiger partial charge in [0.05, 0.1) is 18.6 Å². The van der Waals surface area contributed by atoms with Crippen LogP contribution in [0.15, 0.2) is 54.6 Å². The molecule has 0 bridgehead atoms. The lowest BCUT2D eigenvalue weighted by Crippen LogP contribution is -2.25. The van der Waals surface area contributed by atoms with E-state index in [1.165, 1.54) is 7.11 Å². The van der Waals surface area contributed by atoms with Crippen LogP contribution in [0.3, 0.4) is 0 Å². The van der Waals surface area contributed by atoms with Crippen LogP contribution in [0.1, 0.15) is 47.7 Å². The van der Waals surface area contributed by atoms with E-state index in [-0.39, 0.29) is 12.6 Å². The number of methoxy groups -OCH3 is 1. The van der Waals surface area contributed by atoms with Gasteiger partial charge in [-0.1, -0.05) is 42.5 Å². The van der Waals surface area contributed by atoms with Gasteiger partial charge in [0, 0.05) is 19.6 Å². The monoisotopic (exact) mass is 400 g/mol. The first-order chi connectivity index (χ1) is 14.1. The fraction of sp³-hybridized carbons (Fsp3) is 0.391. The van der Waals surface area contributed by atoms with E-state index in [9.17, 15) is 9.59 Å². The molecule has 0 N–H and O–H groups in total. The molecule has 0 aromatic heterocycles. The second kappa shape index (κ2) is 12.0. The van der Waals surface area contributed by atoms with Crippen LogP contribution in [0.4, 0.5) is 0 Å². The maximum absolute atomic E-state index is 12.3. The first-order valence-electron chi connectivity index (χ1n) is 9.71. The van der Waals surface area contributed by atoms with E-state index < -0.39 is 18.2 Å². The summed E-state index contributed by atoms with van der Waals surface area (Å²) in [4.78, 5) is 24.6. The summed E-state index contributed by atoms with van der Waals surface area (Å²) >= 11 is 0. The van der Waals surface area contributed by atoms with Gasteiger partial charge in [-0.2, -0.15) is 0 Å². The minimum atomic E-state index is -0.558. The highest BCUT2D eigenvalue weighted by atomic mass is 16.7. The molecule has 0 fully saturated rings. The zero-order valence-electron chi connectivity index (χ0n) is 17.1. The van der Waals surface area contributed by atoms with Crippen LogP contribution in [-0.4, -0.2) is 38.6 Å². The van der Waals surface area contributed by atoms with Crippen LogP contribution in [-0.2, 0) is 30.3 Å². The molecular weight excluding hydrogens is 372 g/mol. The molecule has 0 saturated heterocycles. The third kappa shape index (κ3) is 7.00. The molecule has 2 aromatic rings. The summed E-state index contributed by atoms with van der Waals surface area (Å²) in [7, 11) is 1.35. The molecule has 1 atom stereocenters. The first kappa shape index (κ1) is 22.6. The third-order valence-electron chi connectivity index (χ3n) is 4.38. The van der Waals surface area contributed by atoms with Crippen LogP contribution in [0.5, 0.6) is 0 Å². The number of hydrogen-bond donors (Lipinski definition) is 0. The van der Waals surface area contributed by atoms with Gasteiger partial charge in [0.2, 0.25) is 0 Å². The summed E-state index contributed by atoms with van der Waals surface area (Å²) in [6.45, 7) is 4.90. The van der Waals surface area contributed by atoms with Crippen molar-refractivity contribution in [2.75, 3.05) is 20.3 Å². The quantitative estimate of drug-likeness (QED) is 0.418. The zero-order chi connectivity index (χ0) is 21.1. The molecule has 6 nitrogen and oxygen atoms in total. The number of carbonyl (C=O) groups is 2. The van der Waals surface area contributed by atoms with E-state index >= 15 is 0 Å². The Bertz CT molecular complexity index is 751. The minimum absolute atomic E-state index is 0.205. The van der Waals surface area contributed by atoms with Crippen molar-refractivity contribution < 1.29 is 28.5 Å². The van der Waals surface area contributed by atoms with Crippen molar-refractivity contribution >= 4 is 11.9 Å². The third-order valence-corrected chi connectivity index (χ3v) is 4.38. The molecule has 0 aliphatic heterocycles. The molecule has 0 aliphatic rings. The van der Waals surface area contributed by atoms with E-state index in [1.807, 2.05) is 44.2 Å². The fourth-order valence-electron chi connectivity index (χ4n) is 2.92. The molecule has 1 unspecified atom stereocenters. The Morgan fingerprint density at radius 1 is 0.897 bits per heavy atom. The largest absolute Gasteiger partial charge is 0.469 e. The average Bonchev–Trinajstić information content (AvgIpc) is 2.76. The van der Waals surface area contributed by atoms with Gasteiger partial charge in [0.15, 0.2) is 6.29 Å². The van der Waals surface area contributed by atoms with Gasteiger partial charge in [-0.05, 0) is 37.1 Å². The van der Waals surface area contributed by atoms with E-state index in [2.05, 4.69) is 0 Å². The molecule has 6 heteroatoms.